The summed E-state index contributed by atoms with van der Waals surface area (Å²) in [7, 11) is -0.367. The molecule has 2 aromatic heterocycles. The molecule has 0 atom stereocenters. The topological polar surface area (TPSA) is 103 Å². The smallest absolute Gasteiger partial charge is 0.254 e. The minimum atomic E-state index is -3.45. The lowest BCUT2D eigenvalue weighted by molar-refractivity contribution is 0.0740. The van der Waals surface area contributed by atoms with E-state index < -0.39 is 21.4 Å². The van der Waals surface area contributed by atoms with Crippen molar-refractivity contribution in [2.75, 3.05) is 32.3 Å². The van der Waals surface area contributed by atoms with Crippen LogP contribution in [-0.4, -0.2) is 62.3 Å². The molecule has 0 fully saturated rings. The molecule has 0 aliphatic carbocycles. The van der Waals surface area contributed by atoms with Gasteiger partial charge in [-0.15, -0.1) is 11.3 Å². The van der Waals surface area contributed by atoms with E-state index in [0.717, 1.165) is 18.4 Å². The predicted molar refractivity (Wildman–Crippen MR) is 142 cm³/mol. The van der Waals surface area contributed by atoms with E-state index in [0.29, 0.717) is 28.6 Å². The molecule has 1 amide bonds. The van der Waals surface area contributed by atoms with Gasteiger partial charge >= 0.3 is 0 Å². The van der Waals surface area contributed by atoms with Gasteiger partial charge in [0.1, 0.15) is 28.0 Å². The molecule has 0 saturated heterocycles. The highest BCUT2D eigenvalue weighted by atomic mass is 32.2. The zero-order chi connectivity index (χ0) is 26.3. The number of nitrogens with zero attached hydrogens (tertiary/aromatic N) is 2. The normalized spacial score (nSPS) is 11.3. The van der Waals surface area contributed by atoms with Gasteiger partial charge in [-0.3, -0.25) is 9.59 Å². The summed E-state index contributed by atoms with van der Waals surface area (Å²) in [4.78, 5) is 32.0. The molecule has 0 bridgehead atoms. The van der Waals surface area contributed by atoms with Gasteiger partial charge in [0.15, 0.2) is 15.6 Å². The summed E-state index contributed by atoms with van der Waals surface area (Å²) >= 11 is 2.87. The van der Waals surface area contributed by atoms with Crippen LogP contribution in [0.1, 0.15) is 50.3 Å². The first-order valence-corrected chi connectivity index (χ1v) is 15.0. The molecule has 0 unspecified atom stereocenters. The van der Waals surface area contributed by atoms with Crippen molar-refractivity contribution < 1.29 is 27.5 Å². The monoisotopic (exact) mass is 550 g/mol. The number of aryl methyl sites for hydroxylation is 1. The number of benzene rings is 1. The number of thiophene rings is 1. The maximum Gasteiger partial charge on any atom is 0.254 e. The second-order valence-electron chi connectivity index (χ2n) is 8.19. The Morgan fingerprint density at radius 3 is 2.39 bits per heavy atom. The number of ketones is 1. The zero-order valence-electron chi connectivity index (χ0n) is 20.8. The van der Waals surface area contributed by atoms with Crippen molar-refractivity contribution in [1.29, 1.82) is 0 Å². The molecule has 1 aromatic carbocycles. The Morgan fingerprint density at radius 1 is 1.11 bits per heavy atom. The molecular formula is C25H30N2O6S3. The summed E-state index contributed by atoms with van der Waals surface area (Å²) < 4.78 is 34.6. The first-order chi connectivity index (χ1) is 17.2. The second-order valence-corrected chi connectivity index (χ2v) is 12.3. The van der Waals surface area contributed by atoms with E-state index in [1.165, 1.54) is 23.8 Å². The van der Waals surface area contributed by atoms with Gasteiger partial charge in [-0.25, -0.2) is 13.4 Å². The number of amides is 1. The number of aromatic nitrogens is 1. The number of sulfone groups is 1. The molecule has 0 radical (unpaired) electrons. The van der Waals surface area contributed by atoms with Crippen LogP contribution < -0.4 is 9.47 Å². The lowest BCUT2D eigenvalue weighted by Gasteiger charge is -2.23. The molecule has 0 spiro atoms. The molecule has 0 aliphatic rings. The number of rotatable bonds is 13. The van der Waals surface area contributed by atoms with Gasteiger partial charge in [0.25, 0.3) is 5.91 Å². The fourth-order valence-electron chi connectivity index (χ4n) is 3.60. The van der Waals surface area contributed by atoms with Crippen LogP contribution in [0.15, 0.2) is 34.3 Å². The first-order valence-electron chi connectivity index (χ1n) is 11.4. The molecule has 3 aromatic rings. The van der Waals surface area contributed by atoms with Crippen LogP contribution >= 0.6 is 22.7 Å². The Bertz CT molecular complexity index is 1270. The SMILES string of the molecule is CCS(=O)(=O)CC(=O)c1csc(CN(CCCc2ccsc2)C(=O)c2cc(OC)c(C)c(OC)c2)n1. The van der Waals surface area contributed by atoms with E-state index in [-0.39, 0.29) is 23.9 Å². The number of thiazole rings is 1. The molecule has 0 N–H and O–H groups in total. The van der Waals surface area contributed by atoms with Crippen LogP contribution in [0.3, 0.4) is 0 Å². The summed E-state index contributed by atoms with van der Waals surface area (Å²) in [5, 5.41) is 6.22. The maximum atomic E-state index is 13.6. The number of hydrogen-bond donors (Lipinski definition) is 0. The van der Waals surface area contributed by atoms with Crippen molar-refractivity contribution in [3.05, 3.63) is 61.7 Å². The van der Waals surface area contributed by atoms with E-state index in [4.69, 9.17) is 9.47 Å². The minimum Gasteiger partial charge on any atom is -0.496 e. The van der Waals surface area contributed by atoms with Gasteiger partial charge in [0.2, 0.25) is 0 Å². The number of methoxy groups -OCH3 is 2. The second kappa shape index (κ2) is 12.5. The highest BCUT2D eigenvalue weighted by Gasteiger charge is 2.23. The van der Waals surface area contributed by atoms with Gasteiger partial charge in [0, 0.05) is 28.8 Å². The number of carbonyl (C=O) groups excluding carboxylic acids is 2. The molecule has 194 valence electrons. The van der Waals surface area contributed by atoms with E-state index in [2.05, 4.69) is 16.4 Å². The summed E-state index contributed by atoms with van der Waals surface area (Å²) in [6.45, 7) is 4.03. The largest absolute Gasteiger partial charge is 0.496 e. The fourth-order valence-corrected chi connectivity index (χ4v) is 5.87. The highest BCUT2D eigenvalue weighted by molar-refractivity contribution is 7.92. The van der Waals surface area contributed by atoms with Crippen LogP contribution in [0.5, 0.6) is 11.5 Å². The van der Waals surface area contributed by atoms with Gasteiger partial charge < -0.3 is 14.4 Å². The molecule has 3 rings (SSSR count). The quantitative estimate of drug-likeness (QED) is 0.290. The predicted octanol–water partition coefficient (Wildman–Crippen LogP) is 4.42. The average Bonchev–Trinajstić information content (AvgIpc) is 3.55. The highest BCUT2D eigenvalue weighted by Crippen LogP contribution is 2.30. The van der Waals surface area contributed by atoms with Crippen molar-refractivity contribution in [2.24, 2.45) is 0 Å². The van der Waals surface area contributed by atoms with Crippen LogP contribution in [0, 0.1) is 6.92 Å². The van der Waals surface area contributed by atoms with Crippen molar-refractivity contribution in [3.8, 4) is 11.5 Å². The molecule has 2 heterocycles. The van der Waals surface area contributed by atoms with E-state index in [1.54, 1.807) is 48.0 Å². The molecule has 36 heavy (non-hydrogen) atoms. The minimum absolute atomic E-state index is 0.106. The molecule has 0 saturated carbocycles. The van der Waals surface area contributed by atoms with E-state index >= 15 is 0 Å². The first kappa shape index (κ1) is 27.8. The Labute approximate surface area is 219 Å². The standard InChI is InChI=1S/C25H30N2O6S3/c1-5-36(30,31)16-21(28)20-15-35-24(26-20)13-27(9-6-7-18-8-10-34-14-18)25(29)19-11-22(32-3)17(2)23(12-19)33-4/h8,10-12,14-15H,5-7,9,13,16H2,1-4H3. The summed E-state index contributed by atoms with van der Waals surface area (Å²) in [5.74, 6) is -0.327. The fraction of sp³-hybridized carbons (Fsp3) is 0.400. The van der Waals surface area contributed by atoms with Crippen molar-refractivity contribution >= 4 is 44.2 Å². The van der Waals surface area contributed by atoms with Crippen molar-refractivity contribution in [2.45, 2.75) is 33.2 Å². The third kappa shape index (κ3) is 7.14. The van der Waals surface area contributed by atoms with Gasteiger partial charge in [-0.1, -0.05) is 6.92 Å². The Balaban J connectivity index is 1.83. The van der Waals surface area contributed by atoms with Crippen LogP contribution in [0.2, 0.25) is 0 Å². The van der Waals surface area contributed by atoms with Crippen LogP contribution in [0.4, 0.5) is 0 Å². The lowest BCUT2D eigenvalue weighted by Crippen LogP contribution is -2.32. The number of Topliss-reactive ketones (excluding diaryl/α,β-unsaturated/α-hetero) is 1. The van der Waals surface area contributed by atoms with Crippen molar-refractivity contribution in [3.63, 3.8) is 0 Å². The van der Waals surface area contributed by atoms with Gasteiger partial charge in [-0.2, -0.15) is 11.3 Å². The Morgan fingerprint density at radius 2 is 1.81 bits per heavy atom. The van der Waals surface area contributed by atoms with Gasteiger partial charge in [0.05, 0.1) is 20.8 Å². The summed E-state index contributed by atoms with van der Waals surface area (Å²) in [5.41, 5.74) is 2.54. The molecule has 8 nitrogen and oxygen atoms in total. The molecule has 0 aliphatic heterocycles. The average molecular weight is 551 g/mol. The van der Waals surface area contributed by atoms with Crippen LogP contribution in [-0.2, 0) is 22.8 Å². The zero-order valence-corrected chi connectivity index (χ0v) is 23.2. The van der Waals surface area contributed by atoms with Gasteiger partial charge in [-0.05, 0) is 54.3 Å². The van der Waals surface area contributed by atoms with E-state index in [9.17, 15) is 18.0 Å². The molecular weight excluding hydrogens is 520 g/mol. The Hall–Kier alpha value is -2.76. The van der Waals surface area contributed by atoms with E-state index in [1.807, 2.05) is 12.3 Å². The lowest BCUT2D eigenvalue weighted by atomic mass is 10.1. The Kier molecular flexibility index (Phi) is 9.63. The molecule has 11 heteroatoms. The number of carbonyl (C=O) groups is 2. The third-order valence-electron chi connectivity index (χ3n) is 5.71. The van der Waals surface area contributed by atoms with Crippen molar-refractivity contribution in [1.82, 2.24) is 9.88 Å². The number of ether oxygens (including phenoxy) is 2. The number of hydrogen-bond acceptors (Lipinski definition) is 9. The van der Waals surface area contributed by atoms with Crippen LogP contribution in [0.25, 0.3) is 0 Å². The summed E-state index contributed by atoms with van der Waals surface area (Å²) in [6.07, 6.45) is 1.57. The summed E-state index contributed by atoms with van der Waals surface area (Å²) in [6, 6.07) is 5.45. The maximum absolute atomic E-state index is 13.6. The third-order valence-corrected chi connectivity index (χ3v) is 8.86.